The third kappa shape index (κ3) is 6.15. The van der Waals surface area contributed by atoms with Crippen LogP contribution >= 0.6 is 11.6 Å². The molecule has 0 heterocycles. The number of benzene rings is 4. The van der Waals surface area contributed by atoms with Crippen LogP contribution in [0.25, 0.3) is 10.8 Å². The van der Waals surface area contributed by atoms with Gasteiger partial charge in [-0.3, -0.25) is 4.79 Å². The molecule has 0 fully saturated rings. The molecule has 184 valence electrons. The maximum Gasteiger partial charge on any atom is 0.271 e. The molecule has 1 amide bonds. The van der Waals surface area contributed by atoms with E-state index in [4.69, 9.17) is 25.8 Å². The SMILES string of the molecule is CCOc1ccc(C(=O)N/N=C\c2cc(Cl)c(OCc3cccc4ccccc34)c(OCC)c2)cc1. The summed E-state index contributed by atoms with van der Waals surface area (Å²) in [5, 5.41) is 6.73. The van der Waals surface area contributed by atoms with Crippen LogP contribution in [0.15, 0.2) is 84.0 Å². The van der Waals surface area contributed by atoms with Gasteiger partial charge in [0, 0.05) is 5.56 Å². The molecule has 4 aromatic carbocycles. The lowest BCUT2D eigenvalue weighted by atomic mass is 10.1. The second-order valence-corrected chi connectivity index (χ2v) is 8.25. The first-order valence-corrected chi connectivity index (χ1v) is 12.1. The molecule has 0 aromatic heterocycles. The number of nitrogens with zero attached hydrogens (tertiary/aromatic N) is 1. The molecule has 0 atom stereocenters. The summed E-state index contributed by atoms with van der Waals surface area (Å²) in [6.07, 6.45) is 1.51. The first-order valence-electron chi connectivity index (χ1n) is 11.7. The molecule has 0 bridgehead atoms. The lowest BCUT2D eigenvalue weighted by Gasteiger charge is -2.15. The Balaban J connectivity index is 1.46. The lowest BCUT2D eigenvalue weighted by Crippen LogP contribution is -2.17. The Bertz CT molecular complexity index is 1360. The molecule has 4 rings (SSSR count). The highest BCUT2D eigenvalue weighted by molar-refractivity contribution is 6.32. The third-order valence-electron chi connectivity index (χ3n) is 5.39. The van der Waals surface area contributed by atoms with Gasteiger partial charge in [-0.1, -0.05) is 54.1 Å². The van der Waals surface area contributed by atoms with Gasteiger partial charge in [0.05, 0.1) is 24.5 Å². The van der Waals surface area contributed by atoms with Crippen molar-refractivity contribution in [3.05, 3.63) is 101 Å². The zero-order valence-corrected chi connectivity index (χ0v) is 20.9. The maximum atomic E-state index is 12.4. The molecule has 0 aliphatic carbocycles. The molecule has 7 heteroatoms. The molecule has 0 aliphatic heterocycles. The van der Waals surface area contributed by atoms with Gasteiger partial charge in [-0.15, -0.1) is 0 Å². The van der Waals surface area contributed by atoms with E-state index in [1.54, 1.807) is 36.4 Å². The molecule has 4 aromatic rings. The van der Waals surface area contributed by atoms with Crippen LogP contribution in [0.2, 0.25) is 5.02 Å². The van der Waals surface area contributed by atoms with Crippen LogP contribution in [0.1, 0.15) is 35.3 Å². The standard InChI is InChI=1S/C29H27ClN2O4/c1-3-34-24-14-12-22(13-15-24)29(33)32-31-18-20-16-26(30)28(27(17-20)35-4-2)36-19-23-10-7-9-21-8-5-6-11-25(21)23/h5-18H,3-4,19H2,1-2H3,(H,32,33)/b31-18-. The number of carbonyl (C=O) groups is 1. The van der Waals surface area contributed by atoms with E-state index < -0.39 is 0 Å². The van der Waals surface area contributed by atoms with Gasteiger partial charge in [0.1, 0.15) is 12.4 Å². The van der Waals surface area contributed by atoms with E-state index in [-0.39, 0.29) is 5.91 Å². The fraction of sp³-hybridized carbons (Fsp3) is 0.172. The van der Waals surface area contributed by atoms with E-state index in [9.17, 15) is 4.79 Å². The van der Waals surface area contributed by atoms with E-state index in [1.165, 1.54) is 6.21 Å². The van der Waals surface area contributed by atoms with Crippen molar-refractivity contribution in [2.24, 2.45) is 5.10 Å². The van der Waals surface area contributed by atoms with Gasteiger partial charge in [-0.05, 0) is 72.1 Å². The zero-order valence-electron chi connectivity index (χ0n) is 20.2. The Morgan fingerprint density at radius 2 is 1.67 bits per heavy atom. The highest BCUT2D eigenvalue weighted by atomic mass is 35.5. The Kier molecular flexibility index (Phi) is 8.42. The van der Waals surface area contributed by atoms with Crippen molar-refractivity contribution in [2.75, 3.05) is 13.2 Å². The summed E-state index contributed by atoms with van der Waals surface area (Å²) in [7, 11) is 0. The fourth-order valence-corrected chi connectivity index (χ4v) is 4.01. The minimum absolute atomic E-state index is 0.333. The van der Waals surface area contributed by atoms with Gasteiger partial charge >= 0.3 is 0 Å². The summed E-state index contributed by atoms with van der Waals surface area (Å²) in [6.45, 7) is 5.14. The van der Waals surface area contributed by atoms with Crippen LogP contribution in [0.3, 0.4) is 0 Å². The molecule has 0 saturated carbocycles. The molecule has 36 heavy (non-hydrogen) atoms. The van der Waals surface area contributed by atoms with Crippen molar-refractivity contribution in [3.63, 3.8) is 0 Å². The second kappa shape index (κ2) is 12.1. The number of fused-ring (bicyclic) bond motifs is 1. The van der Waals surface area contributed by atoms with Crippen molar-refractivity contribution in [1.82, 2.24) is 5.43 Å². The van der Waals surface area contributed by atoms with Gasteiger partial charge in [0.15, 0.2) is 11.5 Å². The van der Waals surface area contributed by atoms with Crippen LogP contribution in [0, 0.1) is 0 Å². The topological polar surface area (TPSA) is 69.2 Å². The molecule has 0 aliphatic rings. The van der Waals surface area contributed by atoms with Gasteiger partial charge in [0.2, 0.25) is 0 Å². The Morgan fingerprint density at radius 1 is 0.917 bits per heavy atom. The highest BCUT2D eigenvalue weighted by Crippen LogP contribution is 2.37. The fourth-order valence-electron chi connectivity index (χ4n) is 3.73. The predicted molar refractivity (Wildman–Crippen MR) is 144 cm³/mol. The van der Waals surface area contributed by atoms with E-state index in [0.29, 0.717) is 53.2 Å². The van der Waals surface area contributed by atoms with Crippen molar-refractivity contribution in [1.29, 1.82) is 0 Å². The van der Waals surface area contributed by atoms with Gasteiger partial charge in [0.25, 0.3) is 5.91 Å². The molecule has 0 saturated heterocycles. The number of carbonyl (C=O) groups excluding carboxylic acids is 1. The average molecular weight is 503 g/mol. The molecule has 1 N–H and O–H groups in total. The second-order valence-electron chi connectivity index (χ2n) is 7.85. The quantitative estimate of drug-likeness (QED) is 0.195. The first kappa shape index (κ1) is 25.1. The van der Waals surface area contributed by atoms with Crippen molar-refractivity contribution in [2.45, 2.75) is 20.5 Å². The van der Waals surface area contributed by atoms with Crippen LogP contribution < -0.4 is 19.6 Å². The molecule has 0 radical (unpaired) electrons. The van der Waals surface area contributed by atoms with Gasteiger partial charge < -0.3 is 14.2 Å². The monoisotopic (exact) mass is 502 g/mol. The van der Waals surface area contributed by atoms with Crippen molar-refractivity contribution < 1.29 is 19.0 Å². The lowest BCUT2D eigenvalue weighted by molar-refractivity contribution is 0.0955. The van der Waals surface area contributed by atoms with Gasteiger partial charge in [-0.25, -0.2) is 5.43 Å². The first-order chi connectivity index (χ1) is 17.6. The largest absolute Gasteiger partial charge is 0.494 e. The molecular formula is C29H27ClN2O4. The summed E-state index contributed by atoms with van der Waals surface area (Å²) in [5.74, 6) is 1.34. The number of hydrogen-bond acceptors (Lipinski definition) is 5. The minimum atomic E-state index is -0.333. The number of hydrogen-bond donors (Lipinski definition) is 1. The number of rotatable bonds is 10. The number of amides is 1. The number of nitrogens with one attached hydrogen (secondary N) is 1. The Morgan fingerprint density at radius 3 is 2.44 bits per heavy atom. The average Bonchev–Trinajstić information content (AvgIpc) is 2.89. The highest BCUT2D eigenvalue weighted by Gasteiger charge is 2.13. The molecular weight excluding hydrogens is 476 g/mol. The summed E-state index contributed by atoms with van der Waals surface area (Å²) >= 11 is 6.57. The summed E-state index contributed by atoms with van der Waals surface area (Å²) in [4.78, 5) is 12.4. The summed E-state index contributed by atoms with van der Waals surface area (Å²) in [6, 6.07) is 24.6. The molecule has 0 spiro atoms. The van der Waals surface area contributed by atoms with Gasteiger partial charge in [-0.2, -0.15) is 5.10 Å². The van der Waals surface area contributed by atoms with E-state index in [1.807, 2.05) is 38.1 Å². The smallest absolute Gasteiger partial charge is 0.271 e. The van der Waals surface area contributed by atoms with E-state index in [0.717, 1.165) is 16.3 Å². The third-order valence-corrected chi connectivity index (χ3v) is 5.67. The zero-order chi connectivity index (χ0) is 25.3. The molecule has 0 unspecified atom stereocenters. The summed E-state index contributed by atoms with van der Waals surface area (Å²) in [5.41, 5.74) is 4.71. The normalized spacial score (nSPS) is 11.0. The van der Waals surface area contributed by atoms with Crippen molar-refractivity contribution >= 4 is 34.5 Å². The Hall–Kier alpha value is -4.03. The van der Waals surface area contributed by atoms with Crippen LogP contribution in [0.4, 0.5) is 0 Å². The van der Waals surface area contributed by atoms with E-state index in [2.05, 4.69) is 28.7 Å². The minimum Gasteiger partial charge on any atom is -0.494 e. The predicted octanol–water partition coefficient (Wildman–Crippen LogP) is 6.63. The van der Waals surface area contributed by atoms with Crippen LogP contribution in [0.5, 0.6) is 17.2 Å². The number of ether oxygens (including phenoxy) is 3. The van der Waals surface area contributed by atoms with Crippen LogP contribution in [-0.4, -0.2) is 25.3 Å². The number of halogens is 1. The molecule has 6 nitrogen and oxygen atoms in total. The van der Waals surface area contributed by atoms with Crippen LogP contribution in [-0.2, 0) is 6.61 Å². The maximum absolute atomic E-state index is 12.4. The van der Waals surface area contributed by atoms with E-state index >= 15 is 0 Å². The number of hydrazone groups is 1. The Labute approximate surface area is 215 Å². The van der Waals surface area contributed by atoms with Crippen molar-refractivity contribution in [3.8, 4) is 17.2 Å². The summed E-state index contributed by atoms with van der Waals surface area (Å²) < 4.78 is 17.3.